The van der Waals surface area contributed by atoms with Crippen LogP contribution in [0.25, 0.3) is 0 Å². The molecule has 0 radical (unpaired) electrons. The summed E-state index contributed by atoms with van der Waals surface area (Å²) in [7, 11) is 0. The highest BCUT2D eigenvalue weighted by molar-refractivity contribution is 6.29. The van der Waals surface area contributed by atoms with E-state index in [0.717, 1.165) is 33.4 Å². The molecule has 0 saturated heterocycles. The van der Waals surface area contributed by atoms with Crippen molar-refractivity contribution in [1.82, 2.24) is 0 Å². The van der Waals surface area contributed by atoms with Gasteiger partial charge in [-0.25, -0.2) is 0 Å². The molecule has 5 aromatic carbocycles. The van der Waals surface area contributed by atoms with Crippen molar-refractivity contribution in [1.29, 1.82) is 0 Å². The standard InChI is InChI=1S/C32H24Cl2/c33-31(25-14-5-1-6-15-25,26-16-7-2-8-17-26)29-22-13-23-30(24-29)32(34,27-18-9-3-10-19-27)28-20-11-4-12-21-28/h1-24H. The van der Waals surface area contributed by atoms with Crippen molar-refractivity contribution in [2.75, 3.05) is 0 Å². The molecule has 0 spiro atoms. The van der Waals surface area contributed by atoms with E-state index in [1.807, 2.05) is 72.8 Å². The summed E-state index contributed by atoms with van der Waals surface area (Å²) in [6.45, 7) is 0. The SMILES string of the molecule is ClC(c1ccccc1)(c1ccccc1)c1cccc(C(Cl)(c2ccccc2)c2ccccc2)c1. The lowest BCUT2D eigenvalue weighted by atomic mass is 9.79. The summed E-state index contributed by atoms with van der Waals surface area (Å²) in [4.78, 5) is -1.71. The van der Waals surface area contributed by atoms with E-state index in [2.05, 4.69) is 72.8 Å². The van der Waals surface area contributed by atoms with Crippen molar-refractivity contribution in [2.45, 2.75) is 9.75 Å². The van der Waals surface area contributed by atoms with E-state index >= 15 is 0 Å². The van der Waals surface area contributed by atoms with Crippen LogP contribution in [0.1, 0.15) is 33.4 Å². The van der Waals surface area contributed by atoms with Crippen molar-refractivity contribution in [3.8, 4) is 0 Å². The molecule has 0 atom stereocenters. The first-order valence-corrected chi connectivity index (χ1v) is 12.1. The number of hydrogen-bond donors (Lipinski definition) is 0. The zero-order valence-electron chi connectivity index (χ0n) is 18.6. The minimum absolute atomic E-state index is 0.857. The van der Waals surface area contributed by atoms with E-state index in [4.69, 9.17) is 23.2 Å². The maximum Gasteiger partial charge on any atom is 0.119 e. The Hall–Kier alpha value is -3.32. The topological polar surface area (TPSA) is 0 Å². The minimum Gasteiger partial charge on any atom is -0.104 e. The fourth-order valence-corrected chi connectivity index (χ4v) is 5.36. The zero-order valence-corrected chi connectivity index (χ0v) is 20.1. The molecule has 0 saturated carbocycles. The van der Waals surface area contributed by atoms with Crippen LogP contribution in [0.4, 0.5) is 0 Å². The molecule has 2 heteroatoms. The van der Waals surface area contributed by atoms with Crippen molar-refractivity contribution >= 4 is 23.2 Å². The second kappa shape index (κ2) is 9.50. The Balaban J connectivity index is 1.74. The van der Waals surface area contributed by atoms with Gasteiger partial charge in [0.1, 0.15) is 9.75 Å². The van der Waals surface area contributed by atoms with E-state index in [-0.39, 0.29) is 0 Å². The van der Waals surface area contributed by atoms with Gasteiger partial charge < -0.3 is 0 Å². The molecule has 0 amide bonds. The van der Waals surface area contributed by atoms with Crippen LogP contribution in [0.3, 0.4) is 0 Å². The lowest BCUT2D eigenvalue weighted by molar-refractivity contribution is 0.845. The van der Waals surface area contributed by atoms with Crippen LogP contribution in [-0.2, 0) is 9.75 Å². The third-order valence-electron chi connectivity index (χ3n) is 6.34. The Labute approximate surface area is 211 Å². The smallest absolute Gasteiger partial charge is 0.104 e. The summed E-state index contributed by atoms with van der Waals surface area (Å²) in [6, 6.07) is 49.3. The highest BCUT2D eigenvalue weighted by Crippen LogP contribution is 2.47. The highest BCUT2D eigenvalue weighted by atomic mass is 35.5. The average Bonchev–Trinajstić information content (AvgIpc) is 2.94. The summed E-state index contributed by atoms with van der Waals surface area (Å²) < 4.78 is 0. The number of halogens is 2. The van der Waals surface area contributed by atoms with Crippen LogP contribution in [0.5, 0.6) is 0 Å². The average molecular weight is 479 g/mol. The molecule has 0 aliphatic carbocycles. The molecule has 5 rings (SSSR count). The van der Waals surface area contributed by atoms with Gasteiger partial charge in [0.25, 0.3) is 0 Å². The molecule has 0 aliphatic rings. The Kier molecular flexibility index (Phi) is 6.28. The number of hydrogen-bond acceptors (Lipinski definition) is 0. The van der Waals surface area contributed by atoms with Gasteiger partial charge in [0.05, 0.1) is 0 Å². The van der Waals surface area contributed by atoms with E-state index in [0.29, 0.717) is 0 Å². The first kappa shape index (κ1) is 22.5. The summed E-state index contributed by atoms with van der Waals surface area (Å²) in [5.74, 6) is 0. The molecule has 0 bridgehead atoms. The third kappa shape index (κ3) is 3.94. The third-order valence-corrected chi connectivity index (χ3v) is 7.65. The lowest BCUT2D eigenvalue weighted by Gasteiger charge is -2.33. The normalized spacial score (nSPS) is 11.8. The molecule has 5 aromatic rings. The molecule has 166 valence electrons. The first-order valence-electron chi connectivity index (χ1n) is 11.3. The quantitative estimate of drug-likeness (QED) is 0.169. The lowest BCUT2D eigenvalue weighted by Crippen LogP contribution is -2.26. The number of alkyl halides is 2. The molecule has 0 aliphatic heterocycles. The van der Waals surface area contributed by atoms with Gasteiger partial charge in [0.15, 0.2) is 0 Å². The molecule has 0 fully saturated rings. The van der Waals surface area contributed by atoms with Crippen molar-refractivity contribution in [3.05, 3.63) is 179 Å². The van der Waals surface area contributed by atoms with Crippen molar-refractivity contribution in [3.63, 3.8) is 0 Å². The Bertz CT molecular complexity index is 1160. The molecular formula is C32H24Cl2. The predicted octanol–water partition coefficient (Wildman–Crippen LogP) is 8.75. The molecule has 0 heterocycles. The van der Waals surface area contributed by atoms with E-state index < -0.39 is 9.75 Å². The van der Waals surface area contributed by atoms with E-state index in [1.165, 1.54) is 0 Å². The van der Waals surface area contributed by atoms with Gasteiger partial charge in [-0.3, -0.25) is 0 Å². The monoisotopic (exact) mass is 478 g/mol. The molecule has 34 heavy (non-hydrogen) atoms. The Morgan fingerprint density at radius 2 is 0.529 bits per heavy atom. The van der Waals surface area contributed by atoms with Gasteiger partial charge in [0.2, 0.25) is 0 Å². The second-order valence-electron chi connectivity index (χ2n) is 8.36. The van der Waals surface area contributed by atoms with Gasteiger partial charge in [-0.15, -0.1) is 23.2 Å². The fraction of sp³-hybridized carbons (Fsp3) is 0.0625. The molecule has 0 N–H and O–H groups in total. The Morgan fingerprint density at radius 3 is 0.794 bits per heavy atom. The fourth-order valence-electron chi connectivity index (χ4n) is 4.62. The molecular weight excluding hydrogens is 455 g/mol. The van der Waals surface area contributed by atoms with Crippen molar-refractivity contribution < 1.29 is 0 Å². The van der Waals surface area contributed by atoms with Gasteiger partial charge >= 0.3 is 0 Å². The van der Waals surface area contributed by atoms with E-state index in [1.54, 1.807) is 0 Å². The second-order valence-corrected chi connectivity index (χ2v) is 9.50. The van der Waals surface area contributed by atoms with E-state index in [9.17, 15) is 0 Å². The maximum absolute atomic E-state index is 7.59. The number of rotatable bonds is 6. The predicted molar refractivity (Wildman–Crippen MR) is 144 cm³/mol. The minimum atomic E-state index is -0.857. The van der Waals surface area contributed by atoms with Crippen LogP contribution in [0, 0.1) is 0 Å². The van der Waals surface area contributed by atoms with Gasteiger partial charge in [-0.05, 0) is 33.4 Å². The van der Waals surface area contributed by atoms with Gasteiger partial charge in [-0.1, -0.05) is 146 Å². The molecule has 0 unspecified atom stereocenters. The Morgan fingerprint density at radius 1 is 0.294 bits per heavy atom. The largest absolute Gasteiger partial charge is 0.119 e. The zero-order chi connectivity index (χ0) is 23.4. The van der Waals surface area contributed by atoms with Gasteiger partial charge in [-0.2, -0.15) is 0 Å². The van der Waals surface area contributed by atoms with Crippen LogP contribution >= 0.6 is 23.2 Å². The number of benzene rings is 5. The summed E-state index contributed by atoms with van der Waals surface area (Å²) in [5, 5.41) is 0. The highest BCUT2D eigenvalue weighted by Gasteiger charge is 2.38. The van der Waals surface area contributed by atoms with Crippen molar-refractivity contribution in [2.24, 2.45) is 0 Å². The first-order chi connectivity index (χ1) is 16.6. The van der Waals surface area contributed by atoms with Gasteiger partial charge in [0, 0.05) is 0 Å². The molecule has 0 aromatic heterocycles. The summed E-state index contributed by atoms with van der Waals surface area (Å²) in [6.07, 6.45) is 0. The van der Waals surface area contributed by atoms with Crippen LogP contribution in [0.2, 0.25) is 0 Å². The van der Waals surface area contributed by atoms with Crippen LogP contribution in [-0.4, -0.2) is 0 Å². The molecule has 0 nitrogen and oxygen atoms in total. The summed E-state index contributed by atoms with van der Waals surface area (Å²) in [5.41, 5.74) is 6.00. The maximum atomic E-state index is 7.59. The van der Waals surface area contributed by atoms with Crippen LogP contribution in [0.15, 0.2) is 146 Å². The summed E-state index contributed by atoms with van der Waals surface area (Å²) >= 11 is 15.2. The van der Waals surface area contributed by atoms with Crippen LogP contribution < -0.4 is 0 Å².